The second kappa shape index (κ2) is 6.89. The molecule has 4 nitrogen and oxygen atoms in total. The minimum atomic E-state index is 0.167. The van der Waals surface area contributed by atoms with Crippen LogP contribution in [0.4, 0.5) is 0 Å². The van der Waals surface area contributed by atoms with Crippen molar-refractivity contribution < 1.29 is 4.79 Å². The monoisotopic (exact) mass is 281 g/mol. The van der Waals surface area contributed by atoms with E-state index in [0.717, 1.165) is 36.8 Å². The van der Waals surface area contributed by atoms with E-state index in [0.29, 0.717) is 13.1 Å². The maximum atomic E-state index is 12.0. The van der Waals surface area contributed by atoms with Crippen molar-refractivity contribution in [1.82, 2.24) is 15.1 Å². The molecule has 104 valence electrons. The van der Waals surface area contributed by atoms with Gasteiger partial charge >= 0.3 is 0 Å². The highest BCUT2D eigenvalue weighted by Gasteiger charge is 2.18. The first kappa shape index (κ1) is 14.3. The van der Waals surface area contributed by atoms with Crippen LogP contribution in [0.2, 0.25) is 5.02 Å². The van der Waals surface area contributed by atoms with Gasteiger partial charge in [-0.1, -0.05) is 29.8 Å². The van der Waals surface area contributed by atoms with E-state index < -0.39 is 0 Å². The molecule has 1 aliphatic rings. The number of hydrogen-bond acceptors (Lipinski definition) is 3. The first-order valence-corrected chi connectivity index (χ1v) is 6.95. The fourth-order valence-electron chi connectivity index (χ4n) is 2.11. The number of carbonyl (C=O) groups excluding carboxylic acids is 1. The molecule has 0 aromatic heterocycles. The number of nitrogens with one attached hydrogen (secondary N) is 1. The molecule has 2 rings (SSSR count). The zero-order valence-corrected chi connectivity index (χ0v) is 12.0. The van der Waals surface area contributed by atoms with Gasteiger partial charge in [-0.05, 0) is 18.7 Å². The van der Waals surface area contributed by atoms with Gasteiger partial charge in [0.1, 0.15) is 0 Å². The summed E-state index contributed by atoms with van der Waals surface area (Å²) < 4.78 is 0. The lowest BCUT2D eigenvalue weighted by Gasteiger charge is -2.32. The van der Waals surface area contributed by atoms with Crippen molar-refractivity contribution in [3.8, 4) is 0 Å². The van der Waals surface area contributed by atoms with E-state index >= 15 is 0 Å². The molecule has 1 aromatic rings. The van der Waals surface area contributed by atoms with Crippen molar-refractivity contribution in [2.75, 3.05) is 39.8 Å². The van der Waals surface area contributed by atoms with Crippen molar-refractivity contribution in [3.63, 3.8) is 0 Å². The van der Waals surface area contributed by atoms with Gasteiger partial charge in [-0.15, -0.1) is 0 Å². The Morgan fingerprint density at radius 2 is 1.95 bits per heavy atom. The van der Waals surface area contributed by atoms with E-state index in [-0.39, 0.29) is 5.91 Å². The van der Waals surface area contributed by atoms with Crippen LogP contribution in [0.1, 0.15) is 5.56 Å². The molecule has 1 amide bonds. The van der Waals surface area contributed by atoms with Crippen LogP contribution in [-0.2, 0) is 11.3 Å². The summed E-state index contributed by atoms with van der Waals surface area (Å²) in [5, 5.41) is 3.90. The number of carbonyl (C=O) groups is 1. The van der Waals surface area contributed by atoms with Crippen molar-refractivity contribution in [3.05, 3.63) is 34.9 Å². The molecule has 1 aromatic carbocycles. The third-order valence-electron chi connectivity index (χ3n) is 3.41. The van der Waals surface area contributed by atoms with Crippen molar-refractivity contribution in [2.24, 2.45) is 0 Å². The largest absolute Gasteiger partial charge is 0.339 e. The Hall–Kier alpha value is -1.10. The molecular weight excluding hydrogens is 262 g/mol. The van der Waals surface area contributed by atoms with E-state index in [1.165, 1.54) is 0 Å². The lowest BCUT2D eigenvalue weighted by molar-refractivity contribution is -0.131. The number of piperazine rings is 1. The molecule has 0 spiro atoms. The SMILES string of the molecule is CN1CCN(C(=O)CNCc2ccccc2Cl)CC1. The summed E-state index contributed by atoms with van der Waals surface area (Å²) in [6, 6.07) is 7.68. The zero-order valence-electron chi connectivity index (χ0n) is 11.2. The van der Waals surface area contributed by atoms with Gasteiger partial charge in [0.2, 0.25) is 5.91 Å². The Labute approximate surface area is 119 Å². The Morgan fingerprint density at radius 1 is 1.26 bits per heavy atom. The molecule has 0 bridgehead atoms. The van der Waals surface area contributed by atoms with Gasteiger partial charge in [0.05, 0.1) is 6.54 Å². The number of halogens is 1. The standard InChI is InChI=1S/C14H20ClN3O/c1-17-6-8-18(9-7-17)14(19)11-16-10-12-4-2-3-5-13(12)15/h2-5,16H,6-11H2,1H3. The summed E-state index contributed by atoms with van der Waals surface area (Å²) in [4.78, 5) is 16.1. The highest BCUT2D eigenvalue weighted by molar-refractivity contribution is 6.31. The minimum absolute atomic E-state index is 0.167. The minimum Gasteiger partial charge on any atom is -0.339 e. The number of hydrogen-bond donors (Lipinski definition) is 1. The summed E-state index contributed by atoms with van der Waals surface area (Å²) in [6.45, 7) is 4.55. The van der Waals surface area contributed by atoms with E-state index in [2.05, 4.69) is 17.3 Å². The van der Waals surface area contributed by atoms with Crippen molar-refractivity contribution in [1.29, 1.82) is 0 Å². The third-order valence-corrected chi connectivity index (χ3v) is 3.77. The highest BCUT2D eigenvalue weighted by Crippen LogP contribution is 2.14. The Balaban J connectivity index is 1.74. The molecule has 1 saturated heterocycles. The van der Waals surface area contributed by atoms with Gasteiger partial charge in [0.15, 0.2) is 0 Å². The average Bonchev–Trinajstić information content (AvgIpc) is 2.41. The van der Waals surface area contributed by atoms with Crippen LogP contribution < -0.4 is 5.32 Å². The van der Waals surface area contributed by atoms with Gasteiger partial charge in [-0.3, -0.25) is 4.79 Å². The Kier molecular flexibility index (Phi) is 5.19. The fourth-order valence-corrected chi connectivity index (χ4v) is 2.32. The molecule has 5 heteroatoms. The molecule has 1 N–H and O–H groups in total. The summed E-state index contributed by atoms with van der Waals surface area (Å²) >= 11 is 6.06. The normalized spacial score (nSPS) is 16.6. The Bertz CT molecular complexity index is 430. The average molecular weight is 282 g/mol. The lowest BCUT2D eigenvalue weighted by Crippen LogP contribution is -2.49. The third kappa shape index (κ3) is 4.20. The van der Waals surface area contributed by atoms with Gasteiger partial charge in [0, 0.05) is 37.7 Å². The van der Waals surface area contributed by atoms with E-state index in [4.69, 9.17) is 11.6 Å². The predicted octanol–water partition coefficient (Wildman–Crippen LogP) is 1.20. The van der Waals surface area contributed by atoms with Crippen LogP contribution in [0.3, 0.4) is 0 Å². The summed E-state index contributed by atoms with van der Waals surface area (Å²) in [5.41, 5.74) is 1.02. The molecular formula is C14H20ClN3O. The van der Waals surface area contributed by atoms with Crippen LogP contribution in [0, 0.1) is 0 Å². The van der Waals surface area contributed by atoms with Crippen LogP contribution in [0.25, 0.3) is 0 Å². The Morgan fingerprint density at radius 3 is 2.63 bits per heavy atom. The van der Waals surface area contributed by atoms with Gasteiger partial charge < -0.3 is 15.1 Å². The number of rotatable bonds is 4. The van der Waals surface area contributed by atoms with Crippen LogP contribution >= 0.6 is 11.6 Å². The lowest BCUT2D eigenvalue weighted by atomic mass is 10.2. The first-order chi connectivity index (χ1) is 9.16. The maximum absolute atomic E-state index is 12.0. The smallest absolute Gasteiger partial charge is 0.236 e. The molecule has 1 aliphatic heterocycles. The summed E-state index contributed by atoms with van der Waals surface area (Å²) in [6.07, 6.45) is 0. The van der Waals surface area contributed by atoms with Gasteiger partial charge in [0.25, 0.3) is 0 Å². The second-order valence-electron chi connectivity index (χ2n) is 4.88. The molecule has 0 radical (unpaired) electrons. The maximum Gasteiger partial charge on any atom is 0.236 e. The second-order valence-corrected chi connectivity index (χ2v) is 5.29. The zero-order chi connectivity index (χ0) is 13.7. The molecule has 0 saturated carbocycles. The van der Waals surface area contributed by atoms with Gasteiger partial charge in [-0.2, -0.15) is 0 Å². The first-order valence-electron chi connectivity index (χ1n) is 6.57. The number of likely N-dealkylation sites (N-methyl/N-ethyl adjacent to an activating group) is 1. The summed E-state index contributed by atoms with van der Waals surface area (Å²) in [5.74, 6) is 0.167. The van der Waals surface area contributed by atoms with Crippen molar-refractivity contribution in [2.45, 2.75) is 6.54 Å². The van der Waals surface area contributed by atoms with Gasteiger partial charge in [-0.25, -0.2) is 0 Å². The number of nitrogens with zero attached hydrogens (tertiary/aromatic N) is 2. The quantitative estimate of drug-likeness (QED) is 0.901. The van der Waals surface area contributed by atoms with Crippen LogP contribution in [-0.4, -0.2) is 55.5 Å². The highest BCUT2D eigenvalue weighted by atomic mass is 35.5. The van der Waals surface area contributed by atoms with Crippen molar-refractivity contribution >= 4 is 17.5 Å². The number of amides is 1. The molecule has 0 atom stereocenters. The topological polar surface area (TPSA) is 35.6 Å². The molecule has 0 aliphatic carbocycles. The predicted molar refractivity (Wildman–Crippen MR) is 77.2 cm³/mol. The molecule has 1 fully saturated rings. The number of benzene rings is 1. The fraction of sp³-hybridized carbons (Fsp3) is 0.500. The summed E-state index contributed by atoms with van der Waals surface area (Å²) in [7, 11) is 2.08. The van der Waals surface area contributed by atoms with E-state index in [1.54, 1.807) is 0 Å². The van der Waals surface area contributed by atoms with Crippen LogP contribution in [0.15, 0.2) is 24.3 Å². The molecule has 1 heterocycles. The molecule has 19 heavy (non-hydrogen) atoms. The molecule has 0 unspecified atom stereocenters. The van der Waals surface area contributed by atoms with E-state index in [1.807, 2.05) is 29.2 Å². The van der Waals surface area contributed by atoms with Crippen LogP contribution in [0.5, 0.6) is 0 Å². The van der Waals surface area contributed by atoms with E-state index in [9.17, 15) is 4.79 Å².